The molecule has 0 spiro atoms. The van der Waals surface area contributed by atoms with E-state index in [1.54, 1.807) is 0 Å². The average molecular weight is 324 g/mol. The quantitative estimate of drug-likeness (QED) is 0.818. The number of carbonyl (C=O) groups is 1. The highest BCUT2D eigenvalue weighted by molar-refractivity contribution is 6.28. The number of hydrogen-bond acceptors (Lipinski definition) is 5. The van der Waals surface area contributed by atoms with Gasteiger partial charge in [-0.15, -0.1) is 0 Å². The van der Waals surface area contributed by atoms with E-state index in [1.165, 1.54) is 0 Å². The largest absolute Gasteiger partial charge is 0.369 e. The fourth-order valence-electron chi connectivity index (χ4n) is 4.05. The minimum atomic E-state index is -0.611. The van der Waals surface area contributed by atoms with E-state index in [9.17, 15) is 14.4 Å². The van der Waals surface area contributed by atoms with Crippen molar-refractivity contribution < 1.29 is 9.18 Å². The number of primary amides is 1. The third-order valence-electron chi connectivity index (χ3n) is 4.88. The van der Waals surface area contributed by atoms with E-state index in [1.807, 2.05) is 0 Å². The maximum atomic E-state index is 13.6. The Bertz CT molecular complexity index is 649. The second-order valence-electron chi connectivity index (χ2n) is 5.94. The van der Waals surface area contributed by atoms with Crippen LogP contribution < -0.4 is 11.1 Å². The van der Waals surface area contributed by atoms with Crippen LogP contribution in [0.4, 0.5) is 10.2 Å². The normalized spacial score (nSPS) is 32.7. The van der Waals surface area contributed by atoms with Gasteiger partial charge in [-0.05, 0) is 42.2 Å². The molecule has 1 aromatic rings. The molecule has 1 aromatic heterocycles. The predicted molar refractivity (Wildman–Crippen MR) is 77.0 cm³/mol. The van der Waals surface area contributed by atoms with Crippen molar-refractivity contribution in [2.45, 2.75) is 12.8 Å². The maximum Gasteiger partial charge on any atom is 0.224 e. The minimum Gasteiger partial charge on any atom is -0.369 e. The van der Waals surface area contributed by atoms with Crippen LogP contribution in [0, 0.1) is 46.7 Å². The van der Waals surface area contributed by atoms with Crippen molar-refractivity contribution in [3.05, 3.63) is 17.3 Å². The zero-order valence-corrected chi connectivity index (χ0v) is 12.4. The third kappa shape index (κ3) is 2.48. The number of rotatable bonds is 4. The molecule has 22 heavy (non-hydrogen) atoms. The Morgan fingerprint density at radius 2 is 2.36 bits per heavy atom. The fraction of sp³-hybridized carbons (Fsp3) is 0.571. The summed E-state index contributed by atoms with van der Waals surface area (Å²) in [4.78, 5) is 19.1. The molecule has 1 amide bonds. The second-order valence-corrected chi connectivity index (χ2v) is 6.28. The highest BCUT2D eigenvalue weighted by atomic mass is 35.5. The van der Waals surface area contributed by atoms with Crippen molar-refractivity contribution >= 4 is 23.3 Å². The van der Waals surface area contributed by atoms with E-state index in [-0.39, 0.29) is 46.6 Å². The van der Waals surface area contributed by atoms with Crippen molar-refractivity contribution in [3.8, 4) is 6.07 Å². The van der Waals surface area contributed by atoms with Gasteiger partial charge >= 0.3 is 0 Å². The number of aromatic nitrogens is 2. The van der Waals surface area contributed by atoms with Crippen molar-refractivity contribution in [1.29, 1.82) is 5.26 Å². The van der Waals surface area contributed by atoms with Crippen LogP contribution >= 0.6 is 11.6 Å². The molecule has 0 aliphatic heterocycles. The molecule has 1 unspecified atom stereocenters. The lowest BCUT2D eigenvalue weighted by molar-refractivity contribution is -0.125. The lowest BCUT2D eigenvalue weighted by Gasteiger charge is -2.31. The topological polar surface area (TPSA) is 105 Å². The van der Waals surface area contributed by atoms with E-state index in [4.69, 9.17) is 17.3 Å². The summed E-state index contributed by atoms with van der Waals surface area (Å²) in [7, 11) is 0. The molecule has 2 aliphatic rings. The Morgan fingerprint density at radius 1 is 1.59 bits per heavy atom. The number of nitrogens with zero attached hydrogens (tertiary/aromatic N) is 3. The predicted octanol–water partition coefficient (Wildman–Crippen LogP) is 1.58. The number of nitriles is 1. The number of anilines is 1. The number of hydrogen-bond donors (Lipinski definition) is 2. The van der Waals surface area contributed by atoms with Crippen LogP contribution in [-0.4, -0.2) is 22.4 Å². The molecular weight excluding hydrogens is 309 g/mol. The SMILES string of the molecule is N#CC1C[C@@H]2C[C@H]1[C@@H](CNc1nc(Cl)ncc1F)[C@H]2C(N)=O. The van der Waals surface area contributed by atoms with Gasteiger partial charge in [-0.2, -0.15) is 10.2 Å². The summed E-state index contributed by atoms with van der Waals surface area (Å²) < 4.78 is 13.6. The fourth-order valence-corrected chi connectivity index (χ4v) is 4.18. The molecule has 1 heterocycles. The summed E-state index contributed by atoms with van der Waals surface area (Å²) in [5.41, 5.74) is 5.51. The molecular formula is C14H15ClFN5O. The van der Waals surface area contributed by atoms with Crippen LogP contribution in [0.3, 0.4) is 0 Å². The summed E-state index contributed by atoms with van der Waals surface area (Å²) in [5.74, 6) is -1.13. The van der Waals surface area contributed by atoms with Gasteiger partial charge in [0.1, 0.15) is 0 Å². The van der Waals surface area contributed by atoms with E-state index >= 15 is 0 Å². The van der Waals surface area contributed by atoms with Crippen LogP contribution in [0.5, 0.6) is 0 Å². The van der Waals surface area contributed by atoms with Crippen LogP contribution in [0.2, 0.25) is 5.28 Å². The van der Waals surface area contributed by atoms with Gasteiger partial charge in [-0.25, -0.2) is 9.37 Å². The standard InChI is InChI=1S/C14H15ClFN5O/c15-14-20-5-10(16)13(21-14)19-4-9-8-2-6(1-7(8)3-17)11(9)12(18)22/h5-9,11H,1-2,4H2,(H2,18,22)(H,19,20,21)/t6-,7?,8-,9-,11+/m1/s1. The van der Waals surface area contributed by atoms with E-state index < -0.39 is 5.82 Å². The molecule has 2 aliphatic carbocycles. The Balaban J connectivity index is 1.76. The third-order valence-corrected chi connectivity index (χ3v) is 5.06. The molecule has 2 fully saturated rings. The van der Waals surface area contributed by atoms with Gasteiger partial charge in [0, 0.05) is 18.4 Å². The number of halogens is 2. The Kier molecular flexibility index (Phi) is 3.87. The highest BCUT2D eigenvalue weighted by Crippen LogP contribution is 2.54. The Hall–Kier alpha value is -1.94. The lowest BCUT2D eigenvalue weighted by atomic mass is 9.74. The minimum absolute atomic E-state index is 0.000462. The molecule has 0 aromatic carbocycles. The first-order chi connectivity index (χ1) is 10.5. The van der Waals surface area contributed by atoms with Gasteiger partial charge in [0.25, 0.3) is 0 Å². The average Bonchev–Trinajstić information content (AvgIpc) is 3.05. The number of carbonyl (C=O) groups excluding carboxylic acids is 1. The summed E-state index contributed by atoms with van der Waals surface area (Å²) in [6, 6.07) is 2.30. The molecule has 2 saturated carbocycles. The summed E-state index contributed by atoms with van der Waals surface area (Å²) >= 11 is 5.65. The Labute approximate surface area is 131 Å². The second kappa shape index (κ2) is 5.69. The molecule has 6 nitrogen and oxygen atoms in total. The van der Waals surface area contributed by atoms with Gasteiger partial charge in [-0.3, -0.25) is 4.79 Å². The summed E-state index contributed by atoms with van der Waals surface area (Å²) in [5, 5.41) is 12.0. The maximum absolute atomic E-state index is 13.6. The molecule has 2 bridgehead atoms. The number of amides is 1. The van der Waals surface area contributed by atoms with Gasteiger partial charge in [0.15, 0.2) is 11.6 Å². The first-order valence-electron chi connectivity index (χ1n) is 7.12. The van der Waals surface area contributed by atoms with Gasteiger partial charge < -0.3 is 11.1 Å². The molecule has 5 atom stereocenters. The number of nitrogens with two attached hydrogens (primary N) is 1. The molecule has 116 valence electrons. The summed E-state index contributed by atoms with van der Waals surface area (Å²) in [6.07, 6.45) is 2.53. The Morgan fingerprint density at radius 3 is 3.05 bits per heavy atom. The van der Waals surface area contributed by atoms with Crippen molar-refractivity contribution in [2.75, 3.05) is 11.9 Å². The van der Waals surface area contributed by atoms with E-state index in [0.29, 0.717) is 6.54 Å². The number of nitrogens with one attached hydrogen (secondary N) is 1. The van der Waals surface area contributed by atoms with Gasteiger partial charge in [0.2, 0.25) is 11.2 Å². The first-order valence-corrected chi connectivity index (χ1v) is 7.50. The lowest BCUT2D eigenvalue weighted by Crippen LogP contribution is -2.40. The van der Waals surface area contributed by atoms with Gasteiger partial charge in [-0.1, -0.05) is 0 Å². The van der Waals surface area contributed by atoms with Crippen LogP contribution in [-0.2, 0) is 4.79 Å². The zero-order chi connectivity index (χ0) is 15.9. The van der Waals surface area contributed by atoms with E-state index in [0.717, 1.165) is 19.0 Å². The monoisotopic (exact) mass is 323 g/mol. The van der Waals surface area contributed by atoms with Crippen LogP contribution in [0.15, 0.2) is 6.20 Å². The van der Waals surface area contributed by atoms with Crippen LogP contribution in [0.1, 0.15) is 12.8 Å². The molecule has 8 heteroatoms. The van der Waals surface area contributed by atoms with Crippen molar-refractivity contribution in [2.24, 2.45) is 35.3 Å². The molecule has 3 rings (SSSR count). The zero-order valence-electron chi connectivity index (χ0n) is 11.7. The van der Waals surface area contributed by atoms with Crippen molar-refractivity contribution in [3.63, 3.8) is 0 Å². The first kappa shape index (κ1) is 15.0. The molecule has 3 N–H and O–H groups in total. The van der Waals surface area contributed by atoms with E-state index in [2.05, 4.69) is 21.4 Å². The molecule has 0 saturated heterocycles. The van der Waals surface area contributed by atoms with Crippen molar-refractivity contribution in [1.82, 2.24) is 9.97 Å². The van der Waals surface area contributed by atoms with Gasteiger partial charge in [0.05, 0.1) is 12.3 Å². The smallest absolute Gasteiger partial charge is 0.224 e. The van der Waals surface area contributed by atoms with Crippen LogP contribution in [0.25, 0.3) is 0 Å². The summed E-state index contributed by atoms with van der Waals surface area (Å²) in [6.45, 7) is 0.331. The molecule has 0 radical (unpaired) electrons. The highest BCUT2D eigenvalue weighted by Gasteiger charge is 2.54. The number of fused-ring (bicyclic) bond motifs is 2.